The van der Waals surface area contributed by atoms with Crippen LogP contribution >= 0.6 is 0 Å². The molecule has 176 valence electrons. The first-order chi connectivity index (χ1) is 15.3. The van der Waals surface area contributed by atoms with E-state index in [0.29, 0.717) is 32.0 Å². The SMILES string of the molecule is CCCN(CCC)C(=O)C1CCN2C(=O)C(C(=O)C3C(C)C=CC4CCCCC43)=CC12O. The zero-order chi connectivity index (χ0) is 23.0. The van der Waals surface area contributed by atoms with Crippen LogP contribution < -0.4 is 0 Å². The molecule has 6 heteroatoms. The molecule has 2 aliphatic heterocycles. The van der Waals surface area contributed by atoms with Crippen molar-refractivity contribution in [2.24, 2.45) is 29.6 Å². The molecule has 1 saturated carbocycles. The monoisotopic (exact) mass is 442 g/mol. The van der Waals surface area contributed by atoms with Crippen molar-refractivity contribution in [3.8, 4) is 0 Å². The Labute approximate surface area is 191 Å². The molecule has 2 heterocycles. The minimum Gasteiger partial charge on any atom is -0.366 e. The highest BCUT2D eigenvalue weighted by Crippen LogP contribution is 2.47. The summed E-state index contributed by atoms with van der Waals surface area (Å²) in [4.78, 5) is 43.4. The van der Waals surface area contributed by atoms with E-state index in [4.69, 9.17) is 0 Å². The molecule has 2 aliphatic carbocycles. The molecule has 6 nitrogen and oxygen atoms in total. The summed E-state index contributed by atoms with van der Waals surface area (Å²) in [5.41, 5.74) is -1.59. The molecule has 2 amide bonds. The maximum absolute atomic E-state index is 13.7. The Kier molecular flexibility index (Phi) is 6.62. The Morgan fingerprint density at radius 2 is 1.81 bits per heavy atom. The smallest absolute Gasteiger partial charge is 0.259 e. The molecule has 0 bridgehead atoms. The number of carbonyl (C=O) groups excluding carboxylic acids is 3. The molecular formula is C26H38N2O4. The third kappa shape index (κ3) is 3.74. The molecule has 0 aromatic carbocycles. The highest BCUT2D eigenvalue weighted by Gasteiger charge is 2.58. The summed E-state index contributed by atoms with van der Waals surface area (Å²) >= 11 is 0. The second-order valence-electron chi connectivity index (χ2n) is 10.2. The Hall–Kier alpha value is -1.95. The summed E-state index contributed by atoms with van der Waals surface area (Å²) in [6, 6.07) is 0. The van der Waals surface area contributed by atoms with E-state index in [-0.39, 0.29) is 35.0 Å². The van der Waals surface area contributed by atoms with Gasteiger partial charge >= 0.3 is 0 Å². The van der Waals surface area contributed by atoms with Crippen molar-refractivity contribution in [3.63, 3.8) is 0 Å². The van der Waals surface area contributed by atoms with Crippen LogP contribution in [0.5, 0.6) is 0 Å². The summed E-state index contributed by atoms with van der Waals surface area (Å²) in [5, 5.41) is 11.5. The Morgan fingerprint density at radius 3 is 2.50 bits per heavy atom. The Morgan fingerprint density at radius 1 is 1.12 bits per heavy atom. The molecule has 0 aromatic heterocycles. The van der Waals surface area contributed by atoms with Crippen molar-refractivity contribution in [1.82, 2.24) is 9.80 Å². The van der Waals surface area contributed by atoms with Crippen molar-refractivity contribution in [2.75, 3.05) is 19.6 Å². The number of allylic oxidation sites excluding steroid dienone is 2. The van der Waals surface area contributed by atoms with Crippen molar-refractivity contribution in [1.29, 1.82) is 0 Å². The van der Waals surface area contributed by atoms with Crippen LogP contribution in [0.1, 0.15) is 65.7 Å². The summed E-state index contributed by atoms with van der Waals surface area (Å²) < 4.78 is 0. The van der Waals surface area contributed by atoms with Gasteiger partial charge in [-0.3, -0.25) is 14.4 Å². The lowest BCUT2D eigenvalue weighted by Crippen LogP contribution is -2.51. The predicted molar refractivity (Wildman–Crippen MR) is 122 cm³/mol. The maximum atomic E-state index is 13.7. The van der Waals surface area contributed by atoms with Crippen LogP contribution in [0, 0.1) is 29.6 Å². The van der Waals surface area contributed by atoms with Gasteiger partial charge in [0.2, 0.25) is 5.91 Å². The molecule has 1 saturated heterocycles. The highest BCUT2D eigenvalue weighted by atomic mass is 16.3. The van der Waals surface area contributed by atoms with Crippen LogP contribution in [0.4, 0.5) is 0 Å². The molecule has 2 fully saturated rings. The molecular weight excluding hydrogens is 404 g/mol. The minimum absolute atomic E-state index is 0.0719. The molecule has 1 N–H and O–H groups in total. The quantitative estimate of drug-likeness (QED) is 0.485. The Balaban J connectivity index is 1.61. The number of nitrogens with zero attached hydrogens (tertiary/aromatic N) is 2. The number of rotatable bonds is 7. The molecule has 4 rings (SSSR count). The van der Waals surface area contributed by atoms with Gasteiger partial charge in [-0.1, -0.05) is 45.8 Å². The highest BCUT2D eigenvalue weighted by molar-refractivity contribution is 6.22. The molecule has 4 aliphatic rings. The largest absolute Gasteiger partial charge is 0.366 e. The van der Waals surface area contributed by atoms with Crippen LogP contribution in [0.15, 0.2) is 23.8 Å². The second-order valence-corrected chi connectivity index (χ2v) is 10.2. The van der Waals surface area contributed by atoms with E-state index in [9.17, 15) is 19.5 Å². The zero-order valence-corrected chi connectivity index (χ0v) is 19.8. The van der Waals surface area contributed by atoms with Crippen LogP contribution in [0.3, 0.4) is 0 Å². The lowest BCUT2D eigenvalue weighted by molar-refractivity contribution is -0.152. The van der Waals surface area contributed by atoms with Crippen LogP contribution in [-0.2, 0) is 14.4 Å². The number of fused-ring (bicyclic) bond motifs is 2. The first-order valence-electron chi connectivity index (χ1n) is 12.6. The lowest BCUT2D eigenvalue weighted by Gasteiger charge is -2.40. The average molecular weight is 443 g/mol. The average Bonchev–Trinajstić information content (AvgIpc) is 3.25. The lowest BCUT2D eigenvalue weighted by atomic mass is 9.63. The molecule has 0 aromatic rings. The predicted octanol–water partition coefficient (Wildman–Crippen LogP) is 3.31. The molecule has 32 heavy (non-hydrogen) atoms. The molecule has 0 radical (unpaired) electrons. The van der Waals surface area contributed by atoms with Gasteiger partial charge in [-0.15, -0.1) is 0 Å². The van der Waals surface area contributed by atoms with E-state index in [0.717, 1.165) is 32.1 Å². The van der Waals surface area contributed by atoms with Gasteiger partial charge in [-0.2, -0.15) is 0 Å². The minimum atomic E-state index is -1.68. The molecule has 6 unspecified atom stereocenters. The summed E-state index contributed by atoms with van der Waals surface area (Å²) in [7, 11) is 0. The van der Waals surface area contributed by atoms with E-state index in [1.165, 1.54) is 17.4 Å². The standard InChI is InChI=1S/C26H38N2O4/c1-4-13-27(14-5-2)25(31)21-12-15-28-24(30)20(16-26(21,28)32)23(29)22-17(3)10-11-18-8-6-7-9-19(18)22/h10-11,16-19,21-22,32H,4-9,12-15H2,1-3H3. The number of amides is 2. The second kappa shape index (κ2) is 9.12. The fourth-order valence-electron chi connectivity index (χ4n) is 6.59. The fraction of sp³-hybridized carbons (Fsp3) is 0.731. The number of Topliss-reactive ketones (excluding diaryl/α,β-unsaturated/α-hetero) is 1. The molecule has 6 atom stereocenters. The van der Waals surface area contributed by atoms with Crippen molar-refractivity contribution in [2.45, 2.75) is 71.4 Å². The first-order valence-corrected chi connectivity index (χ1v) is 12.6. The number of carbonyl (C=O) groups is 3. The van der Waals surface area contributed by atoms with Crippen LogP contribution in [-0.4, -0.2) is 57.9 Å². The summed E-state index contributed by atoms with van der Waals surface area (Å²) in [6.07, 6.45) is 12.4. The third-order valence-electron chi connectivity index (χ3n) is 8.15. The van der Waals surface area contributed by atoms with Crippen LogP contribution in [0.25, 0.3) is 0 Å². The van der Waals surface area contributed by atoms with Crippen molar-refractivity contribution >= 4 is 17.6 Å². The van der Waals surface area contributed by atoms with E-state index in [1.54, 1.807) is 4.90 Å². The van der Waals surface area contributed by atoms with Crippen molar-refractivity contribution in [3.05, 3.63) is 23.8 Å². The normalized spacial score (nSPS) is 36.0. The van der Waals surface area contributed by atoms with Crippen molar-refractivity contribution < 1.29 is 19.5 Å². The summed E-state index contributed by atoms with van der Waals surface area (Å²) in [5.74, 6) is -0.857. The van der Waals surface area contributed by atoms with Gasteiger partial charge in [0.05, 0.1) is 11.5 Å². The maximum Gasteiger partial charge on any atom is 0.259 e. The first kappa shape index (κ1) is 23.2. The number of ketones is 1. The van der Waals surface area contributed by atoms with Crippen LogP contribution in [0.2, 0.25) is 0 Å². The van der Waals surface area contributed by atoms with Gasteiger partial charge in [0, 0.05) is 25.6 Å². The van der Waals surface area contributed by atoms with E-state index in [1.807, 2.05) is 13.8 Å². The summed E-state index contributed by atoms with van der Waals surface area (Å²) in [6.45, 7) is 7.69. The topological polar surface area (TPSA) is 77.9 Å². The van der Waals surface area contributed by atoms with Gasteiger partial charge in [0.25, 0.3) is 5.91 Å². The number of hydrogen-bond acceptors (Lipinski definition) is 4. The fourth-order valence-corrected chi connectivity index (χ4v) is 6.59. The Bertz CT molecular complexity index is 828. The van der Waals surface area contributed by atoms with Gasteiger partial charge < -0.3 is 14.9 Å². The van der Waals surface area contributed by atoms with E-state index < -0.39 is 17.6 Å². The third-order valence-corrected chi connectivity index (χ3v) is 8.15. The number of hydrogen-bond donors (Lipinski definition) is 1. The molecule has 0 spiro atoms. The number of aliphatic hydroxyl groups is 1. The van der Waals surface area contributed by atoms with E-state index >= 15 is 0 Å². The van der Waals surface area contributed by atoms with Gasteiger partial charge in [0.1, 0.15) is 0 Å². The van der Waals surface area contributed by atoms with Gasteiger partial charge in [0.15, 0.2) is 11.5 Å². The van der Waals surface area contributed by atoms with E-state index in [2.05, 4.69) is 19.1 Å². The van der Waals surface area contributed by atoms with Gasteiger partial charge in [-0.25, -0.2) is 0 Å². The zero-order valence-electron chi connectivity index (χ0n) is 19.8. The van der Waals surface area contributed by atoms with Gasteiger partial charge in [-0.05, 0) is 55.9 Å².